The van der Waals surface area contributed by atoms with E-state index in [0.29, 0.717) is 5.92 Å². The van der Waals surface area contributed by atoms with E-state index in [4.69, 9.17) is 4.74 Å². The lowest BCUT2D eigenvalue weighted by Gasteiger charge is -2.41. The molecule has 3 bridgehead atoms. The van der Waals surface area contributed by atoms with Crippen LogP contribution in [0.4, 0.5) is 4.79 Å². The number of carbonyl (C=O) groups excluding carboxylic acids is 1. The third kappa shape index (κ3) is 3.40. The smallest absolute Gasteiger partial charge is 0.317 e. The molecule has 0 radical (unpaired) electrons. The van der Waals surface area contributed by atoms with Gasteiger partial charge in [0.25, 0.3) is 0 Å². The summed E-state index contributed by atoms with van der Waals surface area (Å²) < 4.78 is 5.27. The lowest BCUT2D eigenvalue weighted by atomic mass is 9.75. The second-order valence-corrected chi connectivity index (χ2v) is 9.91. The summed E-state index contributed by atoms with van der Waals surface area (Å²) in [5.41, 5.74) is 1.49. The van der Waals surface area contributed by atoms with Gasteiger partial charge in [0.1, 0.15) is 5.75 Å². The quantitative estimate of drug-likeness (QED) is 0.804. The summed E-state index contributed by atoms with van der Waals surface area (Å²) in [5, 5.41) is 3.56. The Balaban J connectivity index is 1.18. The molecule has 4 nitrogen and oxygen atoms in total. The van der Waals surface area contributed by atoms with Crippen LogP contribution in [-0.4, -0.2) is 36.7 Å². The highest BCUT2D eigenvalue weighted by Gasteiger charge is 2.52. The van der Waals surface area contributed by atoms with Crippen LogP contribution in [0.15, 0.2) is 24.3 Å². The van der Waals surface area contributed by atoms with E-state index in [1.54, 1.807) is 7.11 Å². The molecule has 3 aliphatic carbocycles. The summed E-state index contributed by atoms with van der Waals surface area (Å²) in [6.07, 6.45) is 11.4. The number of carbonyl (C=O) groups is 1. The largest absolute Gasteiger partial charge is 0.497 e. The van der Waals surface area contributed by atoms with E-state index in [-0.39, 0.29) is 11.6 Å². The molecule has 0 aromatic heterocycles. The van der Waals surface area contributed by atoms with Gasteiger partial charge in [-0.25, -0.2) is 4.79 Å². The minimum Gasteiger partial charge on any atom is -0.497 e. The van der Waals surface area contributed by atoms with Crippen molar-refractivity contribution in [3.8, 4) is 5.75 Å². The number of rotatable bonds is 3. The summed E-state index contributed by atoms with van der Waals surface area (Å²) >= 11 is 0. The van der Waals surface area contributed by atoms with Crippen molar-refractivity contribution in [2.75, 3.05) is 20.2 Å². The predicted octanol–water partition coefficient (Wildman–Crippen LogP) is 4.94. The number of likely N-dealkylation sites (tertiary alicyclic amines) is 1. The van der Waals surface area contributed by atoms with Crippen molar-refractivity contribution in [1.82, 2.24) is 10.2 Å². The van der Waals surface area contributed by atoms with E-state index in [2.05, 4.69) is 22.3 Å². The molecule has 1 saturated heterocycles. The Labute approximate surface area is 169 Å². The zero-order valence-electron chi connectivity index (χ0n) is 17.2. The standard InChI is InChI=1S/C24H34N2O2/c1-28-22-7-5-18(6-8-22)19-9-11-26(12-10-19)23(27)25-24-14-17-3-2-4-20(15-24)21(13-17)16-24/h5-8,17,19-21H,2-4,9-16H2,1H3,(H,25,27). The average Bonchev–Trinajstić information content (AvgIpc) is 2.87. The van der Waals surface area contributed by atoms with Crippen LogP contribution in [0.5, 0.6) is 5.75 Å². The molecular formula is C24H34N2O2. The Morgan fingerprint density at radius 1 is 1.04 bits per heavy atom. The Hall–Kier alpha value is -1.71. The first-order valence-corrected chi connectivity index (χ1v) is 11.4. The van der Waals surface area contributed by atoms with Crippen molar-refractivity contribution in [1.29, 1.82) is 0 Å². The molecule has 1 heterocycles. The maximum absolute atomic E-state index is 13.1. The van der Waals surface area contributed by atoms with Gasteiger partial charge in [0.05, 0.1) is 7.11 Å². The highest BCUT2D eigenvalue weighted by Crippen LogP contribution is 2.55. The van der Waals surface area contributed by atoms with Crippen molar-refractivity contribution >= 4 is 6.03 Å². The molecule has 4 atom stereocenters. The van der Waals surface area contributed by atoms with Crippen molar-refractivity contribution in [3.05, 3.63) is 29.8 Å². The molecule has 4 aliphatic rings. The predicted molar refractivity (Wildman–Crippen MR) is 111 cm³/mol. The van der Waals surface area contributed by atoms with Gasteiger partial charge in [0.2, 0.25) is 0 Å². The van der Waals surface area contributed by atoms with Crippen LogP contribution in [-0.2, 0) is 0 Å². The molecule has 1 N–H and O–H groups in total. The van der Waals surface area contributed by atoms with Gasteiger partial charge in [-0.15, -0.1) is 0 Å². The normalized spacial score (nSPS) is 34.9. The van der Waals surface area contributed by atoms with Gasteiger partial charge >= 0.3 is 6.03 Å². The number of piperidine rings is 1. The Morgan fingerprint density at radius 3 is 2.54 bits per heavy atom. The van der Waals surface area contributed by atoms with E-state index in [1.807, 2.05) is 12.1 Å². The second-order valence-electron chi connectivity index (χ2n) is 9.91. The van der Waals surface area contributed by atoms with Crippen molar-refractivity contribution in [3.63, 3.8) is 0 Å². The Kier molecular flexibility index (Phi) is 4.76. The minimum absolute atomic E-state index is 0.114. The van der Waals surface area contributed by atoms with E-state index >= 15 is 0 Å². The van der Waals surface area contributed by atoms with E-state index in [1.165, 1.54) is 50.5 Å². The molecule has 1 aliphatic heterocycles. The SMILES string of the molecule is COc1ccc(C2CCN(C(=O)NC34CC5CCCC(C3)C(C5)C4)CC2)cc1. The average molecular weight is 383 g/mol. The third-order valence-electron chi connectivity index (χ3n) is 8.22. The first-order chi connectivity index (χ1) is 13.6. The lowest BCUT2D eigenvalue weighted by molar-refractivity contribution is 0.145. The summed E-state index contributed by atoms with van der Waals surface area (Å²) in [6, 6.07) is 8.65. The molecule has 3 saturated carbocycles. The van der Waals surface area contributed by atoms with E-state index in [0.717, 1.165) is 49.4 Å². The molecule has 2 amide bonds. The van der Waals surface area contributed by atoms with Gasteiger partial charge in [-0.05, 0) is 79.9 Å². The number of hydrogen-bond acceptors (Lipinski definition) is 2. The molecular weight excluding hydrogens is 348 g/mol. The van der Waals surface area contributed by atoms with Gasteiger partial charge in [-0.1, -0.05) is 31.4 Å². The number of nitrogens with zero attached hydrogens (tertiary/aromatic N) is 1. The van der Waals surface area contributed by atoms with Crippen molar-refractivity contribution in [2.45, 2.75) is 69.2 Å². The number of benzene rings is 1. The van der Waals surface area contributed by atoms with Crippen LogP contribution < -0.4 is 10.1 Å². The highest BCUT2D eigenvalue weighted by molar-refractivity contribution is 5.75. The molecule has 28 heavy (non-hydrogen) atoms. The maximum Gasteiger partial charge on any atom is 0.317 e. The van der Waals surface area contributed by atoms with E-state index < -0.39 is 0 Å². The lowest BCUT2D eigenvalue weighted by Crippen LogP contribution is -2.55. The fourth-order valence-electron chi connectivity index (χ4n) is 6.90. The summed E-state index contributed by atoms with van der Waals surface area (Å²) in [7, 11) is 1.71. The maximum atomic E-state index is 13.1. The Bertz CT molecular complexity index is 706. The van der Waals surface area contributed by atoms with Crippen LogP contribution in [0.1, 0.15) is 69.3 Å². The summed E-state index contributed by atoms with van der Waals surface area (Å²) in [5.74, 6) is 4.06. The van der Waals surface area contributed by atoms with Crippen LogP contribution in [0, 0.1) is 17.8 Å². The van der Waals surface area contributed by atoms with Crippen LogP contribution >= 0.6 is 0 Å². The van der Waals surface area contributed by atoms with Crippen LogP contribution in [0.2, 0.25) is 0 Å². The number of methoxy groups -OCH3 is 1. The summed E-state index contributed by atoms with van der Waals surface area (Å²) in [6.45, 7) is 1.74. The summed E-state index contributed by atoms with van der Waals surface area (Å²) in [4.78, 5) is 15.2. The molecule has 4 heteroatoms. The number of ether oxygens (including phenoxy) is 1. The molecule has 152 valence electrons. The van der Waals surface area contributed by atoms with Gasteiger partial charge in [-0.2, -0.15) is 0 Å². The first-order valence-electron chi connectivity index (χ1n) is 11.4. The third-order valence-corrected chi connectivity index (χ3v) is 8.22. The van der Waals surface area contributed by atoms with Crippen molar-refractivity contribution < 1.29 is 9.53 Å². The zero-order chi connectivity index (χ0) is 19.1. The van der Waals surface area contributed by atoms with E-state index in [9.17, 15) is 4.79 Å². The number of amides is 2. The van der Waals surface area contributed by atoms with Crippen LogP contribution in [0.25, 0.3) is 0 Å². The molecule has 5 rings (SSSR count). The van der Waals surface area contributed by atoms with Crippen LogP contribution in [0.3, 0.4) is 0 Å². The molecule has 1 aromatic carbocycles. The molecule has 4 fully saturated rings. The number of nitrogens with one attached hydrogen (secondary N) is 1. The monoisotopic (exact) mass is 382 g/mol. The van der Waals surface area contributed by atoms with Crippen molar-refractivity contribution in [2.24, 2.45) is 17.8 Å². The number of hydrogen-bond donors (Lipinski definition) is 1. The first kappa shape index (κ1) is 18.3. The van der Waals surface area contributed by atoms with Gasteiger partial charge in [-0.3, -0.25) is 0 Å². The topological polar surface area (TPSA) is 41.6 Å². The molecule has 0 spiro atoms. The van der Waals surface area contributed by atoms with Gasteiger partial charge in [0.15, 0.2) is 0 Å². The Morgan fingerprint density at radius 2 is 1.79 bits per heavy atom. The highest BCUT2D eigenvalue weighted by atomic mass is 16.5. The van der Waals surface area contributed by atoms with Gasteiger partial charge in [0, 0.05) is 18.6 Å². The van der Waals surface area contributed by atoms with Gasteiger partial charge < -0.3 is 15.0 Å². The zero-order valence-corrected chi connectivity index (χ0v) is 17.2. The second kappa shape index (κ2) is 7.27. The number of urea groups is 1. The minimum atomic E-state index is 0.114. The fourth-order valence-corrected chi connectivity index (χ4v) is 6.90. The molecule has 1 aromatic rings. The molecule has 4 unspecified atom stereocenters. The number of fused-ring (bicyclic) bond motifs is 2. The fraction of sp³-hybridized carbons (Fsp3) is 0.708.